The van der Waals surface area contributed by atoms with Crippen molar-refractivity contribution in [2.45, 2.75) is 0 Å². The van der Waals surface area contributed by atoms with Crippen LogP contribution in [0.2, 0.25) is 0 Å². The number of benzene rings is 1. The fourth-order valence-corrected chi connectivity index (χ4v) is 1.69. The molecule has 5 nitrogen and oxygen atoms in total. The van der Waals surface area contributed by atoms with Gasteiger partial charge in [-0.25, -0.2) is 4.79 Å². The van der Waals surface area contributed by atoms with Gasteiger partial charge in [0.15, 0.2) is 0 Å². The topological polar surface area (TPSA) is 64.6 Å². The van der Waals surface area contributed by atoms with Crippen molar-refractivity contribution in [1.29, 1.82) is 0 Å². The second-order valence-electron chi connectivity index (χ2n) is 3.48. The molecule has 0 radical (unpaired) electrons. The van der Waals surface area contributed by atoms with Crippen LogP contribution in [0.15, 0.2) is 34.8 Å². The van der Waals surface area contributed by atoms with Gasteiger partial charge in [0.25, 0.3) is 5.91 Å². The second-order valence-corrected chi connectivity index (χ2v) is 4.40. The maximum atomic E-state index is 11.9. The van der Waals surface area contributed by atoms with E-state index in [0.29, 0.717) is 11.3 Å². The highest BCUT2D eigenvalue weighted by atomic mass is 79.9. The van der Waals surface area contributed by atoms with Crippen molar-refractivity contribution in [2.75, 3.05) is 20.8 Å². The molecule has 0 spiro atoms. The highest BCUT2D eigenvalue weighted by Crippen LogP contribution is 2.22. The lowest BCUT2D eigenvalue weighted by molar-refractivity contribution is -0.134. The van der Waals surface area contributed by atoms with Gasteiger partial charge in [-0.2, -0.15) is 0 Å². The van der Waals surface area contributed by atoms with Crippen LogP contribution in [-0.2, 0) is 9.53 Å². The molecule has 0 saturated carbocycles. The SMILES string of the molecule is COC(=O)/C=C/CNC(=O)c1cc(Br)ccc1OC. The van der Waals surface area contributed by atoms with Gasteiger partial charge in [0, 0.05) is 17.1 Å². The van der Waals surface area contributed by atoms with E-state index in [1.807, 2.05) is 0 Å². The second kappa shape index (κ2) is 7.58. The minimum atomic E-state index is -0.464. The van der Waals surface area contributed by atoms with E-state index in [0.717, 1.165) is 4.47 Å². The largest absolute Gasteiger partial charge is 0.496 e. The molecule has 102 valence electrons. The third-order valence-corrected chi connectivity index (χ3v) is 2.73. The van der Waals surface area contributed by atoms with E-state index >= 15 is 0 Å². The van der Waals surface area contributed by atoms with Crippen LogP contribution in [0.3, 0.4) is 0 Å². The number of hydrogen-bond acceptors (Lipinski definition) is 4. The third-order valence-electron chi connectivity index (χ3n) is 2.24. The molecule has 1 rings (SSSR count). The molecular formula is C13H14BrNO4. The summed E-state index contributed by atoms with van der Waals surface area (Å²) < 4.78 is 10.3. The zero-order valence-corrected chi connectivity index (χ0v) is 12.2. The molecule has 0 aliphatic rings. The fraction of sp³-hybridized carbons (Fsp3) is 0.231. The highest BCUT2D eigenvalue weighted by molar-refractivity contribution is 9.10. The smallest absolute Gasteiger partial charge is 0.330 e. The molecular weight excluding hydrogens is 314 g/mol. The monoisotopic (exact) mass is 327 g/mol. The Morgan fingerprint density at radius 1 is 1.37 bits per heavy atom. The summed E-state index contributed by atoms with van der Waals surface area (Å²) in [4.78, 5) is 22.8. The maximum absolute atomic E-state index is 11.9. The number of amides is 1. The van der Waals surface area contributed by atoms with Gasteiger partial charge in [-0.3, -0.25) is 4.79 Å². The number of carbonyl (C=O) groups excluding carboxylic acids is 2. The summed E-state index contributed by atoms with van der Waals surface area (Å²) in [6, 6.07) is 5.15. The van der Waals surface area contributed by atoms with Crippen LogP contribution in [0.25, 0.3) is 0 Å². The van der Waals surface area contributed by atoms with Gasteiger partial charge in [-0.15, -0.1) is 0 Å². The zero-order chi connectivity index (χ0) is 14.3. The van der Waals surface area contributed by atoms with Crippen molar-refractivity contribution < 1.29 is 19.1 Å². The molecule has 1 aromatic rings. The summed E-state index contributed by atoms with van der Waals surface area (Å²) in [5, 5.41) is 2.65. The first-order chi connectivity index (χ1) is 9.08. The lowest BCUT2D eigenvalue weighted by Gasteiger charge is -2.08. The van der Waals surface area contributed by atoms with Gasteiger partial charge in [0.1, 0.15) is 5.75 Å². The molecule has 0 heterocycles. The van der Waals surface area contributed by atoms with Crippen LogP contribution in [0.4, 0.5) is 0 Å². The summed E-state index contributed by atoms with van der Waals surface area (Å²) in [5.41, 5.74) is 0.420. The predicted octanol–water partition coefficient (Wildman–Crippen LogP) is 1.92. The van der Waals surface area contributed by atoms with Crippen molar-refractivity contribution in [1.82, 2.24) is 5.32 Å². The Labute approximate surface area is 119 Å². The lowest BCUT2D eigenvalue weighted by Crippen LogP contribution is -2.24. The van der Waals surface area contributed by atoms with Crippen molar-refractivity contribution in [3.63, 3.8) is 0 Å². The summed E-state index contributed by atoms with van der Waals surface area (Å²) in [7, 11) is 2.79. The Morgan fingerprint density at radius 3 is 2.74 bits per heavy atom. The molecule has 0 aliphatic carbocycles. The van der Waals surface area contributed by atoms with E-state index in [2.05, 4.69) is 26.0 Å². The number of rotatable bonds is 5. The molecule has 0 saturated heterocycles. The first kappa shape index (κ1) is 15.2. The van der Waals surface area contributed by atoms with Crippen LogP contribution in [0.1, 0.15) is 10.4 Å². The predicted molar refractivity (Wildman–Crippen MR) is 74.2 cm³/mol. The van der Waals surface area contributed by atoms with Crippen LogP contribution < -0.4 is 10.1 Å². The van der Waals surface area contributed by atoms with Gasteiger partial charge in [-0.05, 0) is 18.2 Å². The first-order valence-corrected chi connectivity index (χ1v) is 6.24. The Balaban J connectivity index is 2.66. The highest BCUT2D eigenvalue weighted by Gasteiger charge is 2.11. The zero-order valence-electron chi connectivity index (χ0n) is 10.6. The van der Waals surface area contributed by atoms with E-state index in [9.17, 15) is 9.59 Å². The standard InChI is InChI=1S/C13H14BrNO4/c1-18-11-6-5-9(14)8-10(11)13(17)15-7-3-4-12(16)19-2/h3-6,8H,7H2,1-2H3,(H,15,17)/b4-3+. The summed E-state index contributed by atoms with van der Waals surface area (Å²) in [6.07, 6.45) is 2.76. The van der Waals surface area contributed by atoms with Crippen molar-refractivity contribution >= 4 is 27.8 Å². The van der Waals surface area contributed by atoms with Gasteiger partial charge in [0.05, 0.1) is 19.8 Å². The van der Waals surface area contributed by atoms with E-state index in [1.54, 1.807) is 18.2 Å². The van der Waals surface area contributed by atoms with E-state index in [1.165, 1.54) is 26.4 Å². The minimum absolute atomic E-state index is 0.226. The Hall–Kier alpha value is -1.82. The Morgan fingerprint density at radius 2 is 2.11 bits per heavy atom. The summed E-state index contributed by atoms with van der Waals surface area (Å²) in [5.74, 6) is -0.264. The number of nitrogens with one attached hydrogen (secondary N) is 1. The fourth-order valence-electron chi connectivity index (χ4n) is 1.33. The van der Waals surface area contributed by atoms with Crippen LogP contribution >= 0.6 is 15.9 Å². The van der Waals surface area contributed by atoms with Gasteiger partial charge in [-0.1, -0.05) is 22.0 Å². The molecule has 1 aromatic carbocycles. The Bertz CT molecular complexity index is 499. The molecule has 1 amide bonds. The van der Waals surface area contributed by atoms with Gasteiger partial charge < -0.3 is 14.8 Å². The molecule has 0 aromatic heterocycles. The molecule has 0 aliphatic heterocycles. The van der Waals surface area contributed by atoms with Crippen molar-refractivity contribution in [2.24, 2.45) is 0 Å². The van der Waals surface area contributed by atoms with Gasteiger partial charge >= 0.3 is 5.97 Å². The van der Waals surface area contributed by atoms with Crippen molar-refractivity contribution in [3.8, 4) is 5.75 Å². The minimum Gasteiger partial charge on any atom is -0.496 e. The van der Waals surface area contributed by atoms with Crippen molar-refractivity contribution in [3.05, 3.63) is 40.4 Å². The van der Waals surface area contributed by atoms with E-state index in [4.69, 9.17) is 4.74 Å². The number of ether oxygens (including phenoxy) is 2. The first-order valence-electron chi connectivity index (χ1n) is 5.44. The van der Waals surface area contributed by atoms with E-state index < -0.39 is 5.97 Å². The number of halogens is 1. The summed E-state index contributed by atoms with van der Waals surface area (Å²) >= 11 is 3.29. The average molecular weight is 328 g/mol. The number of esters is 1. The third kappa shape index (κ3) is 4.75. The van der Waals surface area contributed by atoms with Crippen LogP contribution in [0.5, 0.6) is 5.75 Å². The number of methoxy groups -OCH3 is 2. The molecule has 19 heavy (non-hydrogen) atoms. The molecule has 1 N–H and O–H groups in total. The van der Waals surface area contributed by atoms with Crippen LogP contribution in [-0.4, -0.2) is 32.6 Å². The van der Waals surface area contributed by atoms with E-state index in [-0.39, 0.29) is 12.5 Å². The molecule has 0 atom stereocenters. The van der Waals surface area contributed by atoms with Crippen LogP contribution in [0, 0.1) is 0 Å². The lowest BCUT2D eigenvalue weighted by atomic mass is 10.2. The molecule has 0 bridgehead atoms. The molecule has 0 unspecified atom stereocenters. The summed E-state index contributed by atoms with van der Waals surface area (Å²) in [6.45, 7) is 0.226. The quantitative estimate of drug-likeness (QED) is 0.662. The Kier molecular flexibility index (Phi) is 6.08. The number of hydrogen-bond donors (Lipinski definition) is 1. The maximum Gasteiger partial charge on any atom is 0.330 e. The normalized spacial score (nSPS) is 10.3. The molecule has 0 fully saturated rings. The molecule has 6 heteroatoms. The van der Waals surface area contributed by atoms with Gasteiger partial charge in [0.2, 0.25) is 0 Å². The average Bonchev–Trinajstić information content (AvgIpc) is 2.42. The number of carbonyl (C=O) groups is 2.